The van der Waals surface area contributed by atoms with Crippen molar-refractivity contribution in [2.24, 2.45) is 5.41 Å². The van der Waals surface area contributed by atoms with Crippen molar-refractivity contribution in [3.8, 4) is 0 Å². The van der Waals surface area contributed by atoms with Crippen molar-refractivity contribution in [1.82, 2.24) is 24.7 Å². The lowest BCUT2D eigenvalue weighted by Gasteiger charge is -2.44. The van der Waals surface area contributed by atoms with Crippen LogP contribution in [0, 0.1) is 17.0 Å². The molecule has 3 atom stereocenters. The first-order chi connectivity index (χ1) is 42.0. The van der Waals surface area contributed by atoms with Gasteiger partial charge in [-0.15, -0.1) is 11.8 Å². The first kappa shape index (κ1) is 64.9. The van der Waals surface area contributed by atoms with Gasteiger partial charge in [-0.2, -0.15) is 13.2 Å². The molecule has 0 bridgehead atoms. The van der Waals surface area contributed by atoms with Gasteiger partial charge in [0, 0.05) is 142 Å². The van der Waals surface area contributed by atoms with Gasteiger partial charge in [-0.25, -0.2) is 30.3 Å². The van der Waals surface area contributed by atoms with Crippen molar-refractivity contribution in [1.29, 1.82) is 0 Å². The van der Waals surface area contributed by atoms with Gasteiger partial charge in [-0.3, -0.25) is 29.5 Å². The second-order valence-electron chi connectivity index (χ2n) is 23.6. The van der Waals surface area contributed by atoms with Gasteiger partial charge in [-0.05, 0) is 134 Å². The third-order valence-electron chi connectivity index (χ3n) is 17.3. The van der Waals surface area contributed by atoms with Crippen molar-refractivity contribution < 1.29 is 57.9 Å². The predicted molar refractivity (Wildman–Crippen MR) is 331 cm³/mol. The highest BCUT2D eigenvalue weighted by Gasteiger charge is 2.49. The van der Waals surface area contributed by atoms with Gasteiger partial charge in [0.25, 0.3) is 25.8 Å². The number of allylic oxidation sites excluding steroid dienone is 1. The van der Waals surface area contributed by atoms with Crippen LogP contribution in [-0.4, -0.2) is 165 Å². The summed E-state index contributed by atoms with van der Waals surface area (Å²) in [6.07, 6.45) is 3.95. The van der Waals surface area contributed by atoms with Crippen LogP contribution in [0.4, 0.5) is 39.0 Å². The first-order valence-corrected chi connectivity index (χ1v) is 33.9. The van der Waals surface area contributed by atoms with Crippen molar-refractivity contribution >= 4 is 83.6 Å². The lowest BCUT2D eigenvalue weighted by Crippen LogP contribution is -2.50. The molecule has 0 spiro atoms. The molecule has 25 heteroatoms. The number of piperazine rings is 2. The van der Waals surface area contributed by atoms with E-state index in [9.17, 15) is 44.4 Å². The fraction of sp³-hybridized carbons (Fsp3) is 0.444. The number of nitrogens with one attached hydrogen (secondary N) is 3. The molecule has 5 aromatic carbocycles. The Kier molecular flexibility index (Phi) is 20.6. The maximum atomic E-state index is 15.5. The number of amides is 3. The fourth-order valence-corrected chi connectivity index (χ4v) is 15.6. The molecule has 3 N–H and O–H groups in total. The quantitative estimate of drug-likeness (QED) is 0.0380. The fourth-order valence-electron chi connectivity index (χ4n) is 12.5. The first-order valence-electron chi connectivity index (χ1n) is 29.6. The molecule has 4 saturated heterocycles. The Labute approximate surface area is 520 Å². The summed E-state index contributed by atoms with van der Waals surface area (Å²) in [4.78, 5) is 47.6. The zero-order valence-electron chi connectivity index (χ0n) is 48.8. The number of hydrogen-bond acceptors (Lipinski definition) is 15. The number of carbonyl (C=O) groups is 3. The molecule has 0 saturated carbocycles. The SMILES string of the molecule is C[C@@]1(CN2CCN(c3cc(F)c(C4CCC(=O)NC4=O)c(F)c3)CC2)CCC(c2ccc(Cl)cc2)=C(CN2CCN(c3ccc(C(=O)NS(=O)(=O)c4ccc(N[C@H](CCN5CCCOCC5)CSc5ccccc5)c(S(=O)(=O)C(F)(F)F)c4)cc3)CC2)C1. The molecule has 4 aliphatic heterocycles. The summed E-state index contributed by atoms with van der Waals surface area (Å²) >= 11 is 7.78. The van der Waals surface area contributed by atoms with Gasteiger partial charge < -0.3 is 24.8 Å². The summed E-state index contributed by atoms with van der Waals surface area (Å²) < 4.78 is 136. The van der Waals surface area contributed by atoms with Gasteiger partial charge in [0.15, 0.2) is 0 Å². The van der Waals surface area contributed by atoms with Crippen molar-refractivity contribution in [3.63, 3.8) is 0 Å². The monoisotopic (exact) mass is 1290 g/mol. The number of alkyl halides is 3. The average molecular weight is 1300 g/mol. The molecule has 472 valence electrons. The molecule has 16 nitrogen and oxygen atoms in total. The topological polar surface area (TPSA) is 181 Å². The number of rotatable bonds is 20. The van der Waals surface area contributed by atoms with E-state index in [1.54, 1.807) is 12.1 Å². The number of carbonyl (C=O) groups excluding carboxylic acids is 3. The zero-order chi connectivity index (χ0) is 62.4. The third kappa shape index (κ3) is 15.9. The van der Waals surface area contributed by atoms with Gasteiger partial charge in [0.1, 0.15) is 16.5 Å². The van der Waals surface area contributed by atoms with E-state index >= 15 is 8.78 Å². The van der Waals surface area contributed by atoms with E-state index in [0.717, 1.165) is 73.6 Å². The van der Waals surface area contributed by atoms with Crippen LogP contribution in [0.1, 0.15) is 79.3 Å². The lowest BCUT2D eigenvalue weighted by atomic mass is 9.71. The number of piperidine rings is 1. The van der Waals surface area contributed by atoms with Gasteiger partial charge in [-0.1, -0.05) is 54.4 Å². The van der Waals surface area contributed by atoms with Crippen LogP contribution in [0.3, 0.4) is 0 Å². The summed E-state index contributed by atoms with van der Waals surface area (Å²) in [5.74, 6) is -4.53. The summed E-state index contributed by atoms with van der Waals surface area (Å²) in [6.45, 7) is 12.2. The van der Waals surface area contributed by atoms with Crippen LogP contribution in [-0.2, 0) is 34.2 Å². The summed E-state index contributed by atoms with van der Waals surface area (Å²) in [5, 5.41) is 5.84. The minimum absolute atomic E-state index is 0.0155. The number of nitrogens with zero attached hydrogens (tertiary/aromatic N) is 5. The number of halogens is 6. The summed E-state index contributed by atoms with van der Waals surface area (Å²) in [7, 11) is -11.0. The minimum Gasteiger partial charge on any atom is -0.380 e. The van der Waals surface area contributed by atoms with Crippen molar-refractivity contribution in [2.45, 2.75) is 84.0 Å². The van der Waals surface area contributed by atoms with E-state index in [2.05, 4.69) is 49.3 Å². The van der Waals surface area contributed by atoms with E-state index in [0.29, 0.717) is 108 Å². The molecular formula is C63H72ClF5N8O8S3. The normalized spacial score (nSPS) is 21.0. The van der Waals surface area contributed by atoms with Crippen LogP contribution >= 0.6 is 23.4 Å². The molecule has 10 rings (SSSR count). The Hall–Kier alpha value is -6.12. The second-order valence-corrected chi connectivity index (χ2v) is 28.7. The van der Waals surface area contributed by atoms with Crippen molar-refractivity contribution in [3.05, 3.63) is 148 Å². The highest BCUT2D eigenvalue weighted by molar-refractivity contribution is 7.99. The van der Waals surface area contributed by atoms with Crippen LogP contribution in [0.25, 0.3) is 5.57 Å². The van der Waals surface area contributed by atoms with Gasteiger partial charge in [0.05, 0.1) is 23.1 Å². The molecule has 4 heterocycles. The molecule has 1 unspecified atom stereocenters. The van der Waals surface area contributed by atoms with Crippen LogP contribution in [0.15, 0.2) is 129 Å². The molecule has 0 radical (unpaired) electrons. The molecule has 3 amide bonds. The number of imide groups is 1. The minimum atomic E-state index is -6.11. The van der Waals surface area contributed by atoms with Gasteiger partial charge in [0.2, 0.25) is 11.8 Å². The number of anilines is 3. The number of thioether (sulfide) groups is 1. The third-order valence-corrected chi connectivity index (χ3v) is 21.5. The molecule has 88 heavy (non-hydrogen) atoms. The van der Waals surface area contributed by atoms with E-state index in [-0.39, 0.29) is 29.4 Å². The average Bonchev–Trinajstić information content (AvgIpc) is 1.02. The number of sulfone groups is 1. The van der Waals surface area contributed by atoms with Gasteiger partial charge >= 0.3 is 5.51 Å². The smallest absolute Gasteiger partial charge is 0.380 e. The Balaban J connectivity index is 0.760. The van der Waals surface area contributed by atoms with E-state index in [4.69, 9.17) is 16.3 Å². The standard InChI is InChI=1S/C63H72ClF5N8O8S3/c1-62(42-75-27-31-77(32-28-75)49-36-54(65)59(55(66)37-49)53-17-19-58(78)71-61(53)80)22-20-52(43-8-12-46(64)13-9-43)45(39-62)40-74-25-29-76(30-26-74)48-14-10-44(11-15-48)60(79)72-88(83,84)51-16-18-56(57(38-51)87(81,82)63(67,68)69)70-47(41-86-50-6-3-2-4-7-50)21-24-73-23-5-34-85-35-33-73/h2-4,6-16,18,36-38,47,53,70H,5,17,19-35,39-42H2,1H3,(H,72,79)(H,71,78,80)/t47-,53?,62-/m1/s1. The van der Waals surface area contributed by atoms with Crippen LogP contribution in [0.2, 0.25) is 5.02 Å². The molecule has 1 aliphatic carbocycles. The molecule has 0 aromatic heterocycles. The number of hydrogen-bond donors (Lipinski definition) is 3. The number of ether oxygens (including phenoxy) is 1. The Morgan fingerprint density at radius 1 is 0.784 bits per heavy atom. The summed E-state index contributed by atoms with van der Waals surface area (Å²) in [5.41, 5.74) is -1.67. The highest BCUT2D eigenvalue weighted by Crippen LogP contribution is 2.45. The van der Waals surface area contributed by atoms with E-state index < -0.39 is 82.2 Å². The number of benzene rings is 5. The number of sulfonamides is 1. The predicted octanol–water partition coefficient (Wildman–Crippen LogP) is 9.82. The Morgan fingerprint density at radius 3 is 2.12 bits per heavy atom. The zero-order valence-corrected chi connectivity index (χ0v) is 52.0. The largest absolute Gasteiger partial charge is 0.501 e. The molecule has 5 aromatic rings. The van der Waals surface area contributed by atoms with Crippen LogP contribution < -0.4 is 25.2 Å². The second kappa shape index (κ2) is 28.0. The maximum Gasteiger partial charge on any atom is 0.501 e. The molecular weight excluding hydrogens is 1220 g/mol. The van der Waals surface area contributed by atoms with E-state index in [1.807, 2.05) is 52.1 Å². The maximum absolute atomic E-state index is 15.5. The molecule has 5 aliphatic rings. The molecule has 4 fully saturated rings. The highest BCUT2D eigenvalue weighted by atomic mass is 35.5. The van der Waals surface area contributed by atoms with Crippen molar-refractivity contribution in [2.75, 3.05) is 119 Å². The lowest BCUT2D eigenvalue weighted by molar-refractivity contribution is -0.134. The van der Waals surface area contributed by atoms with E-state index in [1.165, 1.54) is 47.2 Å². The summed E-state index contributed by atoms with van der Waals surface area (Å²) in [6, 6.07) is 28.0. The Morgan fingerprint density at radius 2 is 1.45 bits per heavy atom. The van der Waals surface area contributed by atoms with Crippen LogP contribution in [0.5, 0.6) is 0 Å². The Bertz CT molecular complexity index is 3560.